The van der Waals surface area contributed by atoms with Crippen molar-refractivity contribution in [3.05, 3.63) is 24.2 Å². The van der Waals surface area contributed by atoms with Crippen LogP contribution in [0.3, 0.4) is 0 Å². The van der Waals surface area contributed by atoms with Gasteiger partial charge in [0.05, 0.1) is 6.61 Å². The van der Waals surface area contributed by atoms with E-state index in [1.807, 2.05) is 37.6 Å². The van der Waals surface area contributed by atoms with E-state index >= 15 is 0 Å². The smallest absolute Gasteiger partial charge is 0.316 e. The summed E-state index contributed by atoms with van der Waals surface area (Å²) in [6.45, 7) is 4.26. The van der Waals surface area contributed by atoms with Gasteiger partial charge >= 0.3 is 5.97 Å². The lowest BCUT2D eigenvalue weighted by atomic mass is 10.0. The summed E-state index contributed by atoms with van der Waals surface area (Å²) in [5.41, 5.74) is 1.60. The van der Waals surface area contributed by atoms with E-state index in [1.165, 1.54) is 0 Å². The Labute approximate surface area is 112 Å². The van der Waals surface area contributed by atoms with Crippen molar-refractivity contribution in [2.24, 2.45) is 7.05 Å². The van der Waals surface area contributed by atoms with Crippen molar-refractivity contribution in [3.8, 4) is 0 Å². The molecule has 19 heavy (non-hydrogen) atoms. The second-order valence-corrected chi connectivity index (χ2v) is 4.47. The molecule has 0 spiro atoms. The molecule has 0 N–H and O–H groups in total. The van der Waals surface area contributed by atoms with Crippen LogP contribution in [0.5, 0.6) is 0 Å². The Kier molecular flexibility index (Phi) is 4.14. The zero-order valence-corrected chi connectivity index (χ0v) is 11.6. The highest BCUT2D eigenvalue weighted by Gasteiger charge is 2.26. The molecule has 5 heteroatoms. The van der Waals surface area contributed by atoms with Crippen LogP contribution in [0.15, 0.2) is 18.3 Å². The van der Waals surface area contributed by atoms with Gasteiger partial charge in [-0.3, -0.25) is 4.79 Å². The molecule has 0 aliphatic carbocycles. The molecule has 0 saturated carbocycles. The van der Waals surface area contributed by atoms with Gasteiger partial charge in [-0.2, -0.15) is 0 Å². The predicted molar refractivity (Wildman–Crippen MR) is 72.8 cm³/mol. The van der Waals surface area contributed by atoms with Crippen molar-refractivity contribution in [3.63, 3.8) is 0 Å². The van der Waals surface area contributed by atoms with Crippen LogP contribution in [0, 0.1) is 0 Å². The number of rotatable bonds is 5. The second kappa shape index (κ2) is 5.82. The third-order valence-corrected chi connectivity index (χ3v) is 3.12. The van der Waals surface area contributed by atoms with Crippen LogP contribution in [-0.2, 0) is 16.6 Å². The fourth-order valence-corrected chi connectivity index (χ4v) is 2.24. The summed E-state index contributed by atoms with van der Waals surface area (Å²) in [5.74, 6) is 0.209. The maximum absolute atomic E-state index is 12.1. The lowest BCUT2D eigenvalue weighted by molar-refractivity contribution is -0.145. The van der Waals surface area contributed by atoms with E-state index in [-0.39, 0.29) is 11.9 Å². The first-order valence-corrected chi connectivity index (χ1v) is 6.63. The number of aromatic nitrogens is 3. The number of ether oxygens (including phenoxy) is 1. The molecule has 2 heterocycles. The van der Waals surface area contributed by atoms with E-state index in [2.05, 4.69) is 9.97 Å². The molecule has 0 saturated heterocycles. The first-order chi connectivity index (χ1) is 9.19. The largest absolute Gasteiger partial charge is 0.465 e. The molecule has 0 radical (unpaired) electrons. The fraction of sp³-hybridized carbons (Fsp3) is 0.500. The minimum Gasteiger partial charge on any atom is -0.465 e. The van der Waals surface area contributed by atoms with Crippen LogP contribution in [0.25, 0.3) is 11.2 Å². The molecule has 2 aromatic rings. The molecule has 5 nitrogen and oxygen atoms in total. The average Bonchev–Trinajstić information content (AvgIpc) is 2.74. The highest BCUT2D eigenvalue weighted by Crippen LogP contribution is 2.24. The summed E-state index contributed by atoms with van der Waals surface area (Å²) < 4.78 is 7.03. The quantitative estimate of drug-likeness (QED) is 0.776. The first-order valence-electron chi connectivity index (χ1n) is 6.63. The Bertz CT molecular complexity index is 577. The van der Waals surface area contributed by atoms with Gasteiger partial charge in [-0.1, -0.05) is 13.3 Å². The Morgan fingerprint density at radius 2 is 2.26 bits per heavy atom. The third kappa shape index (κ3) is 2.59. The molecule has 0 bridgehead atoms. The van der Waals surface area contributed by atoms with E-state index in [0.717, 1.165) is 29.8 Å². The number of imidazole rings is 1. The number of carbonyl (C=O) groups is 1. The SMILES string of the molecule is CCCC(C(=O)OCC)c1nc2cccnc2n1C. The number of nitrogens with zero attached hydrogens (tertiary/aromatic N) is 3. The van der Waals surface area contributed by atoms with E-state index in [9.17, 15) is 4.79 Å². The predicted octanol–water partition coefficient (Wildman–Crippen LogP) is 2.42. The molecular weight excluding hydrogens is 242 g/mol. The standard InChI is InChI=1S/C14H19N3O2/c1-4-7-10(14(18)19-5-2)12-16-11-8-6-9-15-13(11)17(12)3/h6,8-10H,4-5,7H2,1-3H3. The molecule has 2 rings (SSSR count). The molecule has 1 atom stereocenters. The second-order valence-electron chi connectivity index (χ2n) is 4.47. The number of aryl methyl sites for hydroxylation is 1. The number of carbonyl (C=O) groups excluding carboxylic acids is 1. The lowest BCUT2D eigenvalue weighted by Gasteiger charge is -2.14. The van der Waals surface area contributed by atoms with Crippen molar-refractivity contribution >= 4 is 17.1 Å². The van der Waals surface area contributed by atoms with E-state index in [0.29, 0.717) is 6.61 Å². The minimum atomic E-state index is -0.316. The van der Waals surface area contributed by atoms with Crippen LogP contribution in [0.2, 0.25) is 0 Å². The summed E-state index contributed by atoms with van der Waals surface area (Å²) in [6.07, 6.45) is 3.36. The monoisotopic (exact) mass is 261 g/mol. The molecule has 1 unspecified atom stereocenters. The highest BCUT2D eigenvalue weighted by molar-refractivity contribution is 5.79. The average molecular weight is 261 g/mol. The molecule has 2 aromatic heterocycles. The van der Waals surface area contributed by atoms with Crippen LogP contribution in [-0.4, -0.2) is 27.1 Å². The molecule has 102 valence electrons. The summed E-state index contributed by atoms with van der Waals surface area (Å²) in [6, 6.07) is 3.75. The van der Waals surface area contributed by atoms with Gasteiger partial charge < -0.3 is 9.30 Å². The number of fused-ring (bicyclic) bond motifs is 1. The van der Waals surface area contributed by atoms with Crippen molar-refractivity contribution in [2.75, 3.05) is 6.61 Å². The van der Waals surface area contributed by atoms with Crippen LogP contribution >= 0.6 is 0 Å². The van der Waals surface area contributed by atoms with Gasteiger partial charge in [0.1, 0.15) is 17.3 Å². The Morgan fingerprint density at radius 1 is 1.47 bits per heavy atom. The van der Waals surface area contributed by atoms with Gasteiger partial charge in [-0.25, -0.2) is 9.97 Å². The summed E-state index contributed by atoms with van der Waals surface area (Å²) in [7, 11) is 1.89. The Hall–Kier alpha value is -1.91. The normalized spacial score (nSPS) is 12.6. The maximum Gasteiger partial charge on any atom is 0.316 e. The minimum absolute atomic E-state index is 0.206. The molecular formula is C14H19N3O2. The van der Waals surface area contributed by atoms with E-state index in [1.54, 1.807) is 6.20 Å². The Morgan fingerprint density at radius 3 is 2.89 bits per heavy atom. The van der Waals surface area contributed by atoms with Gasteiger partial charge in [0.2, 0.25) is 0 Å². The maximum atomic E-state index is 12.1. The zero-order chi connectivity index (χ0) is 13.8. The number of esters is 1. The van der Waals surface area contributed by atoms with Crippen molar-refractivity contribution in [1.29, 1.82) is 0 Å². The summed E-state index contributed by atoms with van der Waals surface area (Å²) in [5, 5.41) is 0. The van der Waals surface area contributed by atoms with Gasteiger partial charge in [0.15, 0.2) is 5.65 Å². The summed E-state index contributed by atoms with van der Waals surface area (Å²) >= 11 is 0. The number of hydrogen-bond acceptors (Lipinski definition) is 4. The zero-order valence-electron chi connectivity index (χ0n) is 11.6. The van der Waals surface area contributed by atoms with E-state index < -0.39 is 0 Å². The fourth-order valence-electron chi connectivity index (χ4n) is 2.24. The summed E-state index contributed by atoms with van der Waals surface area (Å²) in [4.78, 5) is 20.9. The van der Waals surface area contributed by atoms with Crippen molar-refractivity contribution in [2.45, 2.75) is 32.6 Å². The number of hydrogen-bond donors (Lipinski definition) is 0. The third-order valence-electron chi connectivity index (χ3n) is 3.12. The molecule has 0 aliphatic heterocycles. The topological polar surface area (TPSA) is 57.0 Å². The van der Waals surface area contributed by atoms with Gasteiger partial charge in [0.25, 0.3) is 0 Å². The van der Waals surface area contributed by atoms with Gasteiger partial charge in [0, 0.05) is 13.2 Å². The lowest BCUT2D eigenvalue weighted by Crippen LogP contribution is -2.19. The van der Waals surface area contributed by atoms with Gasteiger partial charge in [-0.15, -0.1) is 0 Å². The van der Waals surface area contributed by atoms with Gasteiger partial charge in [-0.05, 0) is 25.5 Å². The number of pyridine rings is 1. The highest BCUT2D eigenvalue weighted by atomic mass is 16.5. The molecule has 0 aromatic carbocycles. The van der Waals surface area contributed by atoms with Crippen molar-refractivity contribution in [1.82, 2.24) is 14.5 Å². The van der Waals surface area contributed by atoms with Crippen LogP contribution < -0.4 is 0 Å². The molecule has 0 aliphatic rings. The van der Waals surface area contributed by atoms with Crippen LogP contribution in [0.4, 0.5) is 0 Å². The van der Waals surface area contributed by atoms with E-state index in [4.69, 9.17) is 4.74 Å². The Balaban J connectivity index is 2.44. The van der Waals surface area contributed by atoms with Crippen molar-refractivity contribution < 1.29 is 9.53 Å². The first kappa shape index (κ1) is 13.5. The van der Waals surface area contributed by atoms with Crippen LogP contribution in [0.1, 0.15) is 38.4 Å². The molecule has 0 fully saturated rings. The molecule has 0 amide bonds.